The van der Waals surface area contributed by atoms with Crippen LogP contribution in [0.4, 0.5) is 0 Å². The first kappa shape index (κ1) is 36.2. The zero-order valence-electron chi connectivity index (χ0n) is 21.7. The van der Waals surface area contributed by atoms with Crippen LogP contribution in [0, 0.1) is 13.8 Å². The first-order valence-electron chi connectivity index (χ1n) is 11.3. The molecule has 0 aliphatic carbocycles. The van der Waals surface area contributed by atoms with Gasteiger partial charge in [0.25, 0.3) is 0 Å². The molecule has 0 aromatic heterocycles. The maximum atomic E-state index is 12.0. The molecule has 0 radical (unpaired) electrons. The molecule has 6 N–H and O–H groups in total. The number of rotatable bonds is 0. The van der Waals surface area contributed by atoms with Crippen LogP contribution in [-0.4, -0.2) is 58.7 Å². The summed E-state index contributed by atoms with van der Waals surface area (Å²) in [6, 6.07) is 6.35. The van der Waals surface area contributed by atoms with Crippen molar-refractivity contribution in [1.29, 1.82) is 0 Å². The molecule has 0 unspecified atom stereocenters. The first-order valence-corrected chi connectivity index (χ1v) is 14.0. The van der Waals surface area contributed by atoms with Crippen LogP contribution in [0.15, 0.2) is 44.7 Å². The monoisotopic (exact) mass is 706 g/mol. The Labute approximate surface area is 264 Å². The van der Waals surface area contributed by atoms with Gasteiger partial charge in [-0.15, -0.1) is 0 Å². The summed E-state index contributed by atoms with van der Waals surface area (Å²) in [5.41, 5.74) is 11.1. The molecule has 4 amide bonds. The first-order chi connectivity index (χ1) is 20.1. The van der Waals surface area contributed by atoms with E-state index in [9.17, 15) is 29.4 Å². The van der Waals surface area contributed by atoms with Gasteiger partial charge in [0.1, 0.15) is 24.3 Å². The van der Waals surface area contributed by atoms with Crippen LogP contribution >= 0.6 is 20.4 Å². The molecule has 0 saturated heterocycles. The number of hydrogen-bond donors (Lipinski definition) is 6. The molecule has 1 aliphatic heterocycles. The summed E-state index contributed by atoms with van der Waals surface area (Å²) in [7, 11) is 8.53. The zero-order chi connectivity index (χ0) is 31.7. The molecule has 0 saturated carbocycles. The normalized spacial score (nSPS) is 17.1. The number of nitrogens with zero attached hydrogens (tertiary/aromatic N) is 4. The van der Waals surface area contributed by atoms with Gasteiger partial charge in [0.05, 0.1) is 24.9 Å². The molecule has 4 bridgehead atoms. The number of nitrogens with one attached hydrogen (secondary N) is 4. The van der Waals surface area contributed by atoms with Gasteiger partial charge < -0.3 is 10.2 Å². The number of phenols is 2. The van der Waals surface area contributed by atoms with Crippen molar-refractivity contribution in [3.8, 4) is 11.5 Å². The number of carbonyl (C=O) groups is 4. The Morgan fingerprint density at radius 2 is 0.762 bits per heavy atom. The van der Waals surface area contributed by atoms with Crippen LogP contribution in [0.5, 0.6) is 11.5 Å². The van der Waals surface area contributed by atoms with Gasteiger partial charge in [-0.1, -0.05) is 0 Å². The summed E-state index contributed by atoms with van der Waals surface area (Å²) in [5.74, 6) is -3.42. The van der Waals surface area contributed by atoms with E-state index >= 15 is 0 Å². The zero-order valence-corrected chi connectivity index (χ0v) is 25.2. The predicted octanol–water partition coefficient (Wildman–Crippen LogP) is 1.38. The van der Waals surface area contributed by atoms with E-state index in [1.165, 1.54) is 24.9 Å². The summed E-state index contributed by atoms with van der Waals surface area (Å²) in [4.78, 5) is 48.1. The Hall–Kier alpha value is -3.83. The summed E-state index contributed by atoms with van der Waals surface area (Å²) >= 11 is 6.69. The van der Waals surface area contributed by atoms with Crippen LogP contribution in [0.1, 0.15) is 46.2 Å². The molecule has 0 spiro atoms. The number of phenolic OH excluding ortho intramolecular Hbond substituents is 2. The number of carbonyl (C=O) groups excluding carboxylic acids is 4. The van der Waals surface area contributed by atoms with E-state index in [0.717, 1.165) is 0 Å². The number of hydrazone groups is 4. The maximum absolute atomic E-state index is 12.0. The molecule has 230 valence electrons. The van der Waals surface area contributed by atoms with Crippen molar-refractivity contribution in [2.24, 2.45) is 20.4 Å². The minimum absolute atomic E-state index is 0.233. The second-order valence-corrected chi connectivity index (χ2v) is 8.11. The van der Waals surface area contributed by atoms with E-state index in [-0.39, 0.29) is 33.8 Å². The van der Waals surface area contributed by atoms with Crippen molar-refractivity contribution in [2.45, 2.75) is 26.7 Å². The van der Waals surface area contributed by atoms with Gasteiger partial charge in [-0.2, -0.15) is 20.4 Å². The average Bonchev–Trinajstić information content (AvgIpc) is 2.95. The average molecular weight is 709 g/mol. The van der Waals surface area contributed by atoms with Crippen molar-refractivity contribution >= 4 is 68.9 Å². The number of hydrogen-bond acceptors (Lipinski definition) is 10. The molecule has 1 heterocycles. The Morgan fingerprint density at radius 3 is 0.976 bits per heavy atom. The molecule has 18 heteroatoms. The molecule has 3 rings (SSSR count). The van der Waals surface area contributed by atoms with Gasteiger partial charge in [-0.25, -0.2) is 21.7 Å². The summed E-state index contributed by atoms with van der Waals surface area (Å²) in [6.45, 7) is 3.49. The second kappa shape index (κ2) is 19.3. The van der Waals surface area contributed by atoms with E-state index in [4.69, 9.17) is 0 Å². The topological polar surface area (TPSA) is 206 Å². The third kappa shape index (κ3) is 12.4. The van der Waals surface area contributed by atoms with Crippen molar-refractivity contribution in [3.63, 3.8) is 0 Å². The molecular formula is C24H24Cl2N8Ni2O6. The van der Waals surface area contributed by atoms with E-state index in [0.29, 0.717) is 11.1 Å². The van der Waals surface area contributed by atoms with Crippen molar-refractivity contribution in [2.75, 3.05) is 0 Å². The molecule has 1 aliphatic rings. The fourth-order valence-electron chi connectivity index (χ4n) is 3.21. The van der Waals surface area contributed by atoms with E-state index in [2.05, 4.69) is 91.6 Å². The van der Waals surface area contributed by atoms with Crippen LogP contribution < -0.4 is 21.7 Å². The molecule has 14 nitrogen and oxygen atoms in total. The molecule has 0 fully saturated rings. The summed E-state index contributed by atoms with van der Waals surface area (Å²) in [5, 5.41) is 35.9. The van der Waals surface area contributed by atoms with Crippen LogP contribution in [0.25, 0.3) is 0 Å². The Kier molecular flexibility index (Phi) is 16.6. The number of aromatic hydroxyl groups is 2. The van der Waals surface area contributed by atoms with Gasteiger partial charge in [-0.05, 0) is 49.2 Å². The van der Waals surface area contributed by atoms with E-state index in [1.54, 1.807) is 38.1 Å². The fourth-order valence-corrected chi connectivity index (χ4v) is 3.21. The quantitative estimate of drug-likeness (QED) is 0.176. The van der Waals surface area contributed by atoms with Crippen LogP contribution in [-0.2, 0) is 48.3 Å². The number of benzene rings is 2. The predicted molar refractivity (Wildman–Crippen MR) is 150 cm³/mol. The third-order valence-electron chi connectivity index (χ3n) is 4.84. The van der Waals surface area contributed by atoms with Crippen LogP contribution in [0.3, 0.4) is 0 Å². The Morgan fingerprint density at radius 1 is 0.548 bits per heavy atom. The van der Waals surface area contributed by atoms with E-state index in [1.807, 2.05) is 0 Å². The minimum atomic E-state index is -0.737. The van der Waals surface area contributed by atoms with Gasteiger partial charge >= 0.3 is 49.5 Å². The number of fused-ring (bicyclic) bond motifs is 4. The number of halogens is 2. The Balaban J connectivity index is 0.00000211. The molecule has 2 aromatic rings. The van der Waals surface area contributed by atoms with Crippen LogP contribution in [0.2, 0.25) is 0 Å². The van der Waals surface area contributed by atoms with E-state index < -0.39 is 36.5 Å². The fraction of sp³-hybridized carbons (Fsp3) is 0.167. The SMILES string of the molecule is Cc1cc2c(O)c(c1)/C=N/NC(=O)CC(=O)N/N=C/c1cc(C)cc(c1O)/C=N/NC(=O)CC(=O)N/N=C/2.[Cl][Ni].[Cl][Ni]. The van der Waals surface area contributed by atoms with Gasteiger partial charge in [0.2, 0.25) is 23.6 Å². The number of aryl methyl sites for hydroxylation is 2. The molecule has 0 atom stereocenters. The van der Waals surface area contributed by atoms with Gasteiger partial charge in [-0.3, -0.25) is 19.2 Å². The van der Waals surface area contributed by atoms with Crippen molar-refractivity contribution < 1.29 is 58.5 Å². The second-order valence-electron chi connectivity index (χ2n) is 8.11. The standard InChI is InChI=1S/C24H24N8O6.2ClH.2Ni/c1-13-3-15-9-25-29-19(33)7-21(35)31-27-11-17-5-14(2)6-18(24(17)38)12-28-32-22(36)8-20(34)30-26-10-16(4-13)23(15)37;;;;/h3-6,9-12,37-38H,7-8H2,1-2H3,(H,29,33)(H,30,34)(H,31,35)(H,32,36);2*1H;;/q;;;2*+1/p-2/b25-9+,26-10+,27-11+,28-12+;;;;. The summed E-state index contributed by atoms with van der Waals surface area (Å²) in [6.07, 6.45) is 3.51. The third-order valence-corrected chi connectivity index (χ3v) is 4.84. The summed E-state index contributed by atoms with van der Waals surface area (Å²) < 4.78 is 0. The van der Waals surface area contributed by atoms with Crippen molar-refractivity contribution in [1.82, 2.24) is 21.7 Å². The molecule has 2 aromatic carbocycles. The Bertz CT molecular complexity index is 1220. The molecular weight excluding hydrogens is 685 g/mol. The molecule has 42 heavy (non-hydrogen) atoms. The van der Waals surface area contributed by atoms with Crippen molar-refractivity contribution in [3.05, 3.63) is 57.6 Å². The van der Waals surface area contributed by atoms with Gasteiger partial charge in [0.15, 0.2) is 0 Å². The number of amides is 4. The van der Waals surface area contributed by atoms with Gasteiger partial charge in [0, 0.05) is 22.3 Å².